The van der Waals surface area contributed by atoms with Crippen LogP contribution in [0.15, 0.2) is 71.3 Å². The summed E-state index contributed by atoms with van der Waals surface area (Å²) in [6.45, 7) is 7.72. The van der Waals surface area contributed by atoms with Gasteiger partial charge in [0.25, 0.3) is 0 Å². The summed E-state index contributed by atoms with van der Waals surface area (Å²) >= 11 is 0. The maximum absolute atomic E-state index is 14.4. The van der Waals surface area contributed by atoms with Crippen LogP contribution < -0.4 is 4.74 Å². The highest BCUT2D eigenvalue weighted by Crippen LogP contribution is 2.65. The number of ether oxygens (including phenoxy) is 3. The van der Waals surface area contributed by atoms with Gasteiger partial charge in [0.2, 0.25) is 0 Å². The molecule has 2 N–H and O–H groups in total. The molecule has 2 fully saturated rings. The monoisotopic (exact) mass is 570 g/mol. The average Bonchev–Trinajstić information content (AvgIpc) is 3.23. The zero-order valence-corrected chi connectivity index (χ0v) is 24.1. The molecule has 1 unspecified atom stereocenters. The average molecular weight is 571 g/mol. The number of hydrogen-bond donors (Lipinski definition) is 2. The standard InChI is InChI=1S/C34H34O8/c1-18(2)10-11-21-26(35)15-27(36)28-29(37)24-14-22-23(16-40-32(39)20-8-6-5-7-9-20)25-17-41-33(31(22)38,13-12-19(3)4)34(24,25)42-30(21)28/h5-10,12,14-15,22-23,25,35-36H,11,13,16-17H2,1-4H3/t22-,23+,25-,33?,34-/m1/s1. The van der Waals surface area contributed by atoms with E-state index in [0.717, 1.165) is 17.2 Å². The molecule has 2 heterocycles. The zero-order valence-electron chi connectivity index (χ0n) is 24.1. The van der Waals surface area contributed by atoms with Gasteiger partial charge < -0.3 is 24.4 Å². The van der Waals surface area contributed by atoms with Crippen LogP contribution in [0.4, 0.5) is 0 Å². The normalized spacial score (nSPS) is 28.3. The molecule has 5 aliphatic rings. The lowest BCUT2D eigenvalue weighted by atomic mass is 9.49. The lowest BCUT2D eigenvalue weighted by molar-refractivity contribution is -0.172. The molecular formula is C34H34O8. The van der Waals surface area contributed by atoms with E-state index in [4.69, 9.17) is 14.2 Å². The number of esters is 1. The van der Waals surface area contributed by atoms with Gasteiger partial charge in [-0.15, -0.1) is 0 Å². The number of carbonyl (C=O) groups is 3. The highest BCUT2D eigenvalue weighted by Gasteiger charge is 2.79. The molecule has 1 saturated heterocycles. The lowest BCUT2D eigenvalue weighted by Gasteiger charge is -2.58. The van der Waals surface area contributed by atoms with Gasteiger partial charge in [0.1, 0.15) is 22.8 Å². The maximum atomic E-state index is 14.4. The van der Waals surface area contributed by atoms with Crippen molar-refractivity contribution < 1.29 is 38.8 Å². The van der Waals surface area contributed by atoms with Crippen molar-refractivity contribution >= 4 is 17.5 Å². The van der Waals surface area contributed by atoms with Gasteiger partial charge >= 0.3 is 5.97 Å². The van der Waals surface area contributed by atoms with Gasteiger partial charge in [-0.05, 0) is 46.2 Å². The first-order valence-corrected chi connectivity index (χ1v) is 14.2. The summed E-state index contributed by atoms with van der Waals surface area (Å²) in [6, 6.07) is 9.78. The largest absolute Gasteiger partial charge is 0.507 e. The molecule has 0 aromatic heterocycles. The van der Waals surface area contributed by atoms with Gasteiger partial charge in [-0.1, -0.05) is 47.6 Å². The first-order valence-electron chi connectivity index (χ1n) is 14.2. The number of fused-ring (bicyclic) bond motifs is 1. The van der Waals surface area contributed by atoms with Crippen LogP contribution >= 0.6 is 0 Å². The third-order valence-electron chi connectivity index (χ3n) is 9.06. The number of phenols is 2. The zero-order chi connectivity index (χ0) is 30.0. The third-order valence-corrected chi connectivity index (χ3v) is 9.06. The van der Waals surface area contributed by atoms with E-state index in [9.17, 15) is 24.6 Å². The van der Waals surface area contributed by atoms with Crippen molar-refractivity contribution in [1.82, 2.24) is 0 Å². The van der Waals surface area contributed by atoms with E-state index in [-0.39, 0.29) is 54.5 Å². The molecule has 1 spiro atoms. The Morgan fingerprint density at radius 3 is 2.45 bits per heavy atom. The molecule has 2 aromatic rings. The van der Waals surface area contributed by atoms with Crippen molar-refractivity contribution in [2.24, 2.45) is 17.8 Å². The fourth-order valence-electron chi connectivity index (χ4n) is 7.04. The Balaban J connectivity index is 1.50. The van der Waals surface area contributed by atoms with Crippen LogP contribution in [-0.4, -0.2) is 52.2 Å². The van der Waals surface area contributed by atoms with Crippen molar-refractivity contribution in [1.29, 1.82) is 0 Å². The van der Waals surface area contributed by atoms with Crippen LogP contribution in [0.25, 0.3) is 0 Å². The Hall–Kier alpha value is -4.17. The van der Waals surface area contributed by atoms with Crippen molar-refractivity contribution in [2.75, 3.05) is 13.2 Å². The Bertz CT molecular complexity index is 1590. The maximum Gasteiger partial charge on any atom is 0.338 e. The van der Waals surface area contributed by atoms with Crippen molar-refractivity contribution in [2.45, 2.75) is 51.7 Å². The van der Waals surface area contributed by atoms with E-state index in [0.29, 0.717) is 11.1 Å². The molecule has 218 valence electrons. The molecule has 2 aliphatic heterocycles. The van der Waals surface area contributed by atoms with Gasteiger partial charge in [0.15, 0.2) is 22.8 Å². The predicted molar refractivity (Wildman–Crippen MR) is 154 cm³/mol. The summed E-state index contributed by atoms with van der Waals surface area (Å²) in [7, 11) is 0. The molecule has 4 bridgehead atoms. The molecule has 8 nitrogen and oxygen atoms in total. The molecular weight excluding hydrogens is 536 g/mol. The Kier molecular flexibility index (Phi) is 6.65. The fraction of sp³-hybridized carbons (Fsp3) is 0.382. The summed E-state index contributed by atoms with van der Waals surface area (Å²) in [5.74, 6) is -3.51. The minimum absolute atomic E-state index is 0.0364. The molecule has 5 atom stereocenters. The minimum atomic E-state index is -1.53. The van der Waals surface area contributed by atoms with Crippen LogP contribution in [0.1, 0.15) is 60.4 Å². The number of rotatable bonds is 7. The molecule has 42 heavy (non-hydrogen) atoms. The first-order chi connectivity index (χ1) is 20.0. The summed E-state index contributed by atoms with van der Waals surface area (Å²) in [5.41, 5.74) is -0.0842. The second-order valence-corrected chi connectivity index (χ2v) is 12.1. The Morgan fingerprint density at radius 2 is 1.76 bits per heavy atom. The van der Waals surface area contributed by atoms with E-state index in [1.165, 1.54) is 0 Å². The molecule has 0 radical (unpaired) electrons. The van der Waals surface area contributed by atoms with E-state index < -0.39 is 46.5 Å². The molecule has 3 aliphatic carbocycles. The summed E-state index contributed by atoms with van der Waals surface area (Å²) in [6.07, 6.45) is 5.86. The van der Waals surface area contributed by atoms with Crippen LogP contribution in [0, 0.1) is 17.8 Å². The summed E-state index contributed by atoms with van der Waals surface area (Å²) in [4.78, 5) is 41.5. The molecule has 2 aromatic carbocycles. The van der Waals surface area contributed by atoms with Crippen LogP contribution in [0.3, 0.4) is 0 Å². The van der Waals surface area contributed by atoms with Crippen molar-refractivity contribution in [3.05, 3.63) is 88.0 Å². The van der Waals surface area contributed by atoms with Crippen molar-refractivity contribution in [3.63, 3.8) is 0 Å². The Morgan fingerprint density at radius 1 is 1.05 bits per heavy atom. The van der Waals surface area contributed by atoms with E-state index >= 15 is 0 Å². The molecule has 8 heteroatoms. The van der Waals surface area contributed by atoms with E-state index in [1.54, 1.807) is 36.4 Å². The van der Waals surface area contributed by atoms with Gasteiger partial charge in [0.05, 0.1) is 18.8 Å². The number of aromatic hydroxyl groups is 2. The fourth-order valence-corrected chi connectivity index (χ4v) is 7.04. The smallest absolute Gasteiger partial charge is 0.338 e. The number of ketones is 2. The number of hydrogen-bond acceptors (Lipinski definition) is 8. The second kappa shape index (κ2) is 9.98. The van der Waals surface area contributed by atoms with E-state index in [1.807, 2.05) is 39.8 Å². The number of allylic oxidation sites excluding steroid dienone is 4. The number of Topliss-reactive ketones (excluding diaryl/α,β-unsaturated/α-hetero) is 2. The van der Waals surface area contributed by atoms with Crippen LogP contribution in [-0.2, 0) is 20.7 Å². The highest BCUT2D eigenvalue weighted by atomic mass is 16.6. The third kappa shape index (κ3) is 3.88. The number of phenolic OH excluding ortho intramolecular Hbond substituents is 2. The molecule has 1 saturated carbocycles. The van der Waals surface area contributed by atoms with Crippen molar-refractivity contribution in [3.8, 4) is 17.2 Å². The summed E-state index contributed by atoms with van der Waals surface area (Å²) < 4.78 is 19.0. The van der Waals surface area contributed by atoms with Crippen LogP contribution in [0.5, 0.6) is 17.2 Å². The Labute approximate surface area is 244 Å². The topological polar surface area (TPSA) is 119 Å². The SMILES string of the molecule is CC(C)=CCc1c(O)cc(O)c2c1O[C@@]13C(=C[C@H]4C(=O)C1(CC=C(C)C)OC[C@@H]3[C@H]4COC(=O)c1ccccc1)C2=O. The quantitative estimate of drug-likeness (QED) is 0.341. The molecule has 7 rings (SSSR count). The van der Waals surface area contributed by atoms with Gasteiger partial charge in [0, 0.05) is 41.4 Å². The molecule has 0 amide bonds. The first kappa shape index (κ1) is 28.0. The highest BCUT2D eigenvalue weighted by molar-refractivity contribution is 6.18. The van der Waals surface area contributed by atoms with Gasteiger partial charge in [-0.2, -0.15) is 0 Å². The predicted octanol–water partition coefficient (Wildman–Crippen LogP) is 5.27. The lowest BCUT2D eigenvalue weighted by Crippen LogP contribution is -2.74. The van der Waals surface area contributed by atoms with E-state index in [2.05, 4.69) is 0 Å². The summed E-state index contributed by atoms with van der Waals surface area (Å²) in [5, 5.41) is 21.7. The van der Waals surface area contributed by atoms with Crippen LogP contribution in [0.2, 0.25) is 0 Å². The number of carbonyl (C=O) groups excluding carboxylic acids is 3. The number of benzene rings is 2. The van der Waals surface area contributed by atoms with Gasteiger partial charge in [-0.3, -0.25) is 9.59 Å². The minimum Gasteiger partial charge on any atom is -0.507 e. The van der Waals surface area contributed by atoms with Gasteiger partial charge in [-0.25, -0.2) is 4.79 Å². The second-order valence-electron chi connectivity index (χ2n) is 12.1.